The number of aryl methyl sites for hydroxylation is 2. The van der Waals surface area contributed by atoms with Crippen LogP contribution in [0.25, 0.3) is 0 Å². The molecule has 0 aliphatic carbocycles. The molecule has 1 nitrogen and oxygen atoms in total. The van der Waals surface area contributed by atoms with Crippen molar-refractivity contribution >= 4 is 0 Å². The number of hydrogen-bond donors (Lipinski definition) is 0. The lowest BCUT2D eigenvalue weighted by atomic mass is 10.1. The average Bonchev–Trinajstić information content (AvgIpc) is 2.49. The molecule has 122 valence electrons. The highest BCUT2D eigenvalue weighted by Gasteiger charge is 2.05. The summed E-state index contributed by atoms with van der Waals surface area (Å²) < 4.78 is 16.0. The Morgan fingerprint density at radius 1 is 1.14 bits per heavy atom. The van der Waals surface area contributed by atoms with Crippen molar-refractivity contribution in [1.29, 1.82) is 0 Å². The number of rotatable bonds is 7. The van der Waals surface area contributed by atoms with Gasteiger partial charge in [-0.1, -0.05) is 71.7 Å². The lowest BCUT2D eigenvalue weighted by Crippen LogP contribution is -2.02. The van der Waals surface area contributed by atoms with Crippen molar-refractivity contribution < 1.29 is 9.13 Å². The smallest absolute Gasteiger partial charge is 0.125 e. The molecule has 0 bridgehead atoms. The zero-order chi connectivity index (χ0) is 16.5. The minimum Gasteiger partial charge on any atom is -0.493 e. The molecule has 1 rings (SSSR count). The second kappa shape index (κ2) is 16.7. The minimum atomic E-state index is 0.250. The van der Waals surface area contributed by atoms with E-state index >= 15 is 0 Å². The Balaban J connectivity index is 0. The molecule has 0 heterocycles. The summed E-state index contributed by atoms with van der Waals surface area (Å²) in [6, 6.07) is 6.44. The Kier molecular flexibility index (Phi) is 17.5. The van der Waals surface area contributed by atoms with E-state index in [0.717, 1.165) is 25.2 Å². The zero-order valence-electron chi connectivity index (χ0n) is 14.5. The van der Waals surface area contributed by atoms with E-state index in [-0.39, 0.29) is 6.33 Å². The van der Waals surface area contributed by atoms with Gasteiger partial charge in [0.25, 0.3) is 0 Å². The number of ether oxygens (including phenoxy) is 1. The summed E-state index contributed by atoms with van der Waals surface area (Å²) in [4.78, 5) is 0. The summed E-state index contributed by atoms with van der Waals surface area (Å²) in [5, 5.41) is 0. The predicted molar refractivity (Wildman–Crippen MR) is 92.8 cm³/mol. The van der Waals surface area contributed by atoms with Crippen molar-refractivity contribution in [2.45, 2.75) is 66.7 Å². The summed E-state index contributed by atoms with van der Waals surface area (Å²) in [6.45, 7) is 14.1. The Bertz CT molecular complexity index is 347. The largest absolute Gasteiger partial charge is 0.493 e. The van der Waals surface area contributed by atoms with Crippen LogP contribution < -0.4 is 4.74 Å². The van der Waals surface area contributed by atoms with E-state index in [9.17, 15) is 4.39 Å². The first-order chi connectivity index (χ1) is 10.2. The molecule has 0 spiro atoms. The highest BCUT2D eigenvalue weighted by atomic mass is 19.1. The molecule has 2 heteroatoms. The summed E-state index contributed by atoms with van der Waals surface area (Å²) in [7, 11) is 0. The number of hydrogen-bond acceptors (Lipinski definition) is 1. The van der Waals surface area contributed by atoms with Crippen LogP contribution in [0.15, 0.2) is 31.1 Å². The van der Waals surface area contributed by atoms with Crippen molar-refractivity contribution in [2.75, 3.05) is 6.61 Å². The first kappa shape index (κ1) is 22.0. The molecule has 21 heavy (non-hydrogen) atoms. The third-order valence-electron chi connectivity index (χ3n) is 2.81. The second-order valence-electron chi connectivity index (χ2n) is 4.52. The van der Waals surface area contributed by atoms with Gasteiger partial charge in [-0.25, -0.2) is 4.39 Å². The van der Waals surface area contributed by atoms with Crippen molar-refractivity contribution in [3.63, 3.8) is 0 Å². The van der Waals surface area contributed by atoms with Gasteiger partial charge in [-0.05, 0) is 30.9 Å². The van der Waals surface area contributed by atoms with E-state index in [1.165, 1.54) is 30.4 Å². The maximum absolute atomic E-state index is 10.1. The van der Waals surface area contributed by atoms with Gasteiger partial charge in [0.2, 0.25) is 0 Å². The molecule has 0 aliphatic heterocycles. The van der Waals surface area contributed by atoms with Gasteiger partial charge < -0.3 is 4.74 Å². The summed E-state index contributed by atoms with van der Waals surface area (Å²) in [6.07, 6.45) is 6.21. The van der Waals surface area contributed by atoms with Crippen LogP contribution in [0.3, 0.4) is 0 Å². The summed E-state index contributed by atoms with van der Waals surface area (Å²) in [5.74, 6) is 1.13. The van der Waals surface area contributed by atoms with Gasteiger partial charge in [-0.2, -0.15) is 0 Å². The van der Waals surface area contributed by atoms with Crippen LogP contribution in [-0.4, -0.2) is 6.61 Å². The fraction of sp³-hybridized carbons (Fsp3) is 0.579. The monoisotopic (exact) mass is 296 g/mol. The molecule has 0 atom stereocenters. The second-order valence-corrected chi connectivity index (χ2v) is 4.52. The number of halogens is 1. The van der Waals surface area contributed by atoms with Gasteiger partial charge in [-0.3, -0.25) is 0 Å². The molecule has 0 unspecified atom stereocenters. The highest BCUT2D eigenvalue weighted by Crippen LogP contribution is 2.24. The topological polar surface area (TPSA) is 9.23 Å². The van der Waals surface area contributed by atoms with Gasteiger partial charge in [0.15, 0.2) is 0 Å². The van der Waals surface area contributed by atoms with E-state index < -0.39 is 0 Å². The molecule has 0 aromatic heterocycles. The Morgan fingerprint density at radius 3 is 2.29 bits per heavy atom. The summed E-state index contributed by atoms with van der Waals surface area (Å²) in [5.41, 5.74) is 2.63. The molecule has 0 amide bonds. The number of unbranched alkanes of at least 4 members (excludes halogenated alkanes) is 2. The molecule has 0 saturated carbocycles. The van der Waals surface area contributed by atoms with Crippen molar-refractivity contribution in [3.05, 3.63) is 42.2 Å². The molecular formula is C19H33FO. The minimum absolute atomic E-state index is 0.250. The molecular weight excluding hydrogens is 263 g/mol. The molecule has 1 aromatic rings. The zero-order valence-corrected chi connectivity index (χ0v) is 14.5. The van der Waals surface area contributed by atoms with E-state index in [0.29, 0.717) is 0 Å². The van der Waals surface area contributed by atoms with Crippen LogP contribution in [-0.2, 0) is 6.42 Å². The molecule has 0 radical (unpaired) electrons. The maximum atomic E-state index is 10.1. The number of benzene rings is 1. The normalized spacial score (nSPS) is 8.86. The molecule has 0 saturated heterocycles. The van der Waals surface area contributed by atoms with Crippen LogP contribution in [0.5, 0.6) is 5.75 Å². The highest BCUT2D eigenvalue weighted by molar-refractivity contribution is 5.40. The lowest BCUT2D eigenvalue weighted by molar-refractivity contribution is 0.301. The molecule has 0 fully saturated rings. The van der Waals surface area contributed by atoms with E-state index in [2.05, 4.69) is 45.5 Å². The predicted octanol–water partition coefficient (Wildman–Crippen LogP) is 6.64. The summed E-state index contributed by atoms with van der Waals surface area (Å²) >= 11 is 0. The first-order valence-corrected chi connectivity index (χ1v) is 8.13. The van der Waals surface area contributed by atoms with Crippen molar-refractivity contribution in [1.82, 2.24) is 0 Å². The SMILES string of the molecule is C=CF.CC.CCCCCOc1c(C)cccc1CCC. The standard InChI is InChI=1S/C15H24O.C2H3F.C2H6/c1-4-6-7-12-16-15-13(3)10-8-11-14(15)9-5-2;1-2-3;1-2/h8,10-11H,4-7,9,12H2,1-3H3;2H,1H2;1-2H3. The van der Waals surface area contributed by atoms with Crippen LogP contribution in [0.4, 0.5) is 4.39 Å². The van der Waals surface area contributed by atoms with E-state index in [4.69, 9.17) is 4.74 Å². The van der Waals surface area contributed by atoms with Crippen molar-refractivity contribution in [2.24, 2.45) is 0 Å². The van der Waals surface area contributed by atoms with Gasteiger partial charge in [0, 0.05) is 0 Å². The fourth-order valence-electron chi connectivity index (χ4n) is 1.91. The van der Waals surface area contributed by atoms with Gasteiger partial charge >= 0.3 is 0 Å². The molecule has 0 aliphatic rings. The van der Waals surface area contributed by atoms with Crippen LogP contribution in [0, 0.1) is 6.92 Å². The van der Waals surface area contributed by atoms with E-state index in [1.807, 2.05) is 13.8 Å². The third kappa shape index (κ3) is 11.1. The number of para-hydroxylation sites is 1. The fourth-order valence-corrected chi connectivity index (χ4v) is 1.91. The van der Waals surface area contributed by atoms with Crippen LogP contribution >= 0.6 is 0 Å². The first-order valence-electron chi connectivity index (χ1n) is 8.13. The van der Waals surface area contributed by atoms with Crippen molar-refractivity contribution in [3.8, 4) is 5.75 Å². The van der Waals surface area contributed by atoms with Gasteiger partial charge in [0.05, 0.1) is 12.9 Å². The van der Waals surface area contributed by atoms with E-state index in [1.54, 1.807) is 0 Å². The van der Waals surface area contributed by atoms with Crippen LogP contribution in [0.2, 0.25) is 0 Å². The lowest BCUT2D eigenvalue weighted by Gasteiger charge is -2.13. The Morgan fingerprint density at radius 2 is 1.76 bits per heavy atom. The Hall–Kier alpha value is -1.31. The third-order valence-corrected chi connectivity index (χ3v) is 2.81. The van der Waals surface area contributed by atoms with Crippen LogP contribution in [0.1, 0.15) is 64.5 Å². The molecule has 1 aromatic carbocycles. The van der Waals surface area contributed by atoms with Gasteiger partial charge in [0.1, 0.15) is 5.75 Å². The quantitative estimate of drug-likeness (QED) is 0.512. The average molecular weight is 296 g/mol. The maximum Gasteiger partial charge on any atom is 0.125 e. The van der Waals surface area contributed by atoms with Gasteiger partial charge in [-0.15, -0.1) is 0 Å². The Labute approximate surface area is 131 Å². The molecule has 0 N–H and O–H groups in total.